The van der Waals surface area contributed by atoms with Crippen LogP contribution in [0.2, 0.25) is 0 Å². The first-order valence-corrected chi connectivity index (χ1v) is 6.30. The monoisotopic (exact) mass is 252 g/mol. The predicted octanol–water partition coefficient (Wildman–Crippen LogP) is 2.89. The van der Waals surface area contributed by atoms with E-state index in [0.717, 1.165) is 19.3 Å². The lowest BCUT2D eigenvalue weighted by Crippen LogP contribution is -2.04. The molecule has 0 saturated carbocycles. The van der Waals surface area contributed by atoms with E-state index in [1.165, 1.54) is 0 Å². The van der Waals surface area contributed by atoms with E-state index in [2.05, 4.69) is 0 Å². The normalized spacial score (nSPS) is 10.1. The zero-order valence-corrected chi connectivity index (χ0v) is 10.7. The summed E-state index contributed by atoms with van der Waals surface area (Å²) < 4.78 is 10.3. The maximum absolute atomic E-state index is 11.1. The molecule has 100 valence electrons. The minimum Gasteiger partial charge on any atom is -0.508 e. The van der Waals surface area contributed by atoms with E-state index in [9.17, 15) is 9.90 Å². The van der Waals surface area contributed by atoms with Crippen LogP contribution in [0, 0.1) is 0 Å². The average Bonchev–Trinajstić information content (AvgIpc) is 2.34. The molecule has 0 aromatic heterocycles. The maximum Gasteiger partial charge on any atom is 0.305 e. The number of hydrogen-bond donors (Lipinski definition) is 1. The van der Waals surface area contributed by atoms with Crippen LogP contribution in [-0.4, -0.2) is 24.3 Å². The van der Waals surface area contributed by atoms with Gasteiger partial charge >= 0.3 is 5.97 Å². The summed E-state index contributed by atoms with van der Waals surface area (Å²) in [5.41, 5.74) is 0. The van der Waals surface area contributed by atoms with Gasteiger partial charge in [-0.3, -0.25) is 4.79 Å². The van der Waals surface area contributed by atoms with Crippen molar-refractivity contribution in [1.29, 1.82) is 0 Å². The molecule has 0 aliphatic carbocycles. The van der Waals surface area contributed by atoms with Crippen molar-refractivity contribution in [2.75, 3.05) is 13.2 Å². The number of benzene rings is 1. The Morgan fingerprint density at radius 3 is 2.83 bits per heavy atom. The highest BCUT2D eigenvalue weighted by Gasteiger charge is 2.01. The van der Waals surface area contributed by atoms with E-state index in [1.54, 1.807) is 31.2 Å². The van der Waals surface area contributed by atoms with Gasteiger partial charge in [0.25, 0.3) is 0 Å². The molecule has 0 aliphatic rings. The van der Waals surface area contributed by atoms with Crippen LogP contribution in [0.15, 0.2) is 24.3 Å². The standard InChI is InChI=1S/C14H20O4/c1-2-17-14(16)9-4-3-5-10-18-13-8-6-7-12(15)11-13/h6-8,11,15H,2-5,9-10H2,1H3. The first-order chi connectivity index (χ1) is 8.72. The summed E-state index contributed by atoms with van der Waals surface area (Å²) in [4.78, 5) is 11.1. The first kappa shape index (κ1) is 14.4. The molecule has 0 fully saturated rings. The third kappa shape index (κ3) is 6.13. The van der Waals surface area contributed by atoms with Crippen LogP contribution in [0.25, 0.3) is 0 Å². The molecule has 1 rings (SSSR count). The quantitative estimate of drug-likeness (QED) is 0.571. The topological polar surface area (TPSA) is 55.8 Å². The van der Waals surface area contributed by atoms with E-state index in [1.807, 2.05) is 0 Å². The summed E-state index contributed by atoms with van der Waals surface area (Å²) in [6, 6.07) is 6.73. The van der Waals surface area contributed by atoms with Gasteiger partial charge in [0.1, 0.15) is 11.5 Å². The number of phenolic OH excluding ortho intramolecular Hbond substituents is 1. The van der Waals surface area contributed by atoms with Gasteiger partial charge < -0.3 is 14.6 Å². The Bertz CT molecular complexity index is 363. The molecule has 0 atom stereocenters. The number of aromatic hydroxyl groups is 1. The van der Waals surface area contributed by atoms with Crippen molar-refractivity contribution in [1.82, 2.24) is 0 Å². The van der Waals surface area contributed by atoms with Crippen LogP contribution < -0.4 is 4.74 Å². The van der Waals surface area contributed by atoms with E-state index in [-0.39, 0.29) is 11.7 Å². The number of esters is 1. The molecule has 18 heavy (non-hydrogen) atoms. The van der Waals surface area contributed by atoms with Crippen LogP contribution in [-0.2, 0) is 9.53 Å². The predicted molar refractivity (Wildman–Crippen MR) is 68.7 cm³/mol. The lowest BCUT2D eigenvalue weighted by molar-refractivity contribution is -0.143. The van der Waals surface area contributed by atoms with Crippen LogP contribution in [0.4, 0.5) is 0 Å². The second kappa shape index (κ2) is 8.39. The summed E-state index contributed by atoms with van der Waals surface area (Å²) >= 11 is 0. The lowest BCUT2D eigenvalue weighted by Gasteiger charge is -2.06. The Morgan fingerprint density at radius 2 is 2.11 bits per heavy atom. The maximum atomic E-state index is 11.1. The highest BCUT2D eigenvalue weighted by molar-refractivity contribution is 5.69. The van der Waals surface area contributed by atoms with Gasteiger partial charge in [-0.05, 0) is 38.3 Å². The molecule has 0 radical (unpaired) electrons. The molecule has 0 saturated heterocycles. The smallest absolute Gasteiger partial charge is 0.305 e. The second-order valence-electron chi connectivity index (χ2n) is 3.96. The summed E-state index contributed by atoms with van der Waals surface area (Å²) in [7, 11) is 0. The zero-order chi connectivity index (χ0) is 13.2. The van der Waals surface area contributed by atoms with Crippen molar-refractivity contribution < 1.29 is 19.4 Å². The molecule has 1 aromatic carbocycles. The molecular formula is C14H20O4. The van der Waals surface area contributed by atoms with Crippen molar-refractivity contribution in [3.8, 4) is 11.5 Å². The van der Waals surface area contributed by atoms with E-state index in [4.69, 9.17) is 9.47 Å². The molecule has 4 nitrogen and oxygen atoms in total. The summed E-state index contributed by atoms with van der Waals surface area (Å²) in [5.74, 6) is 0.738. The largest absolute Gasteiger partial charge is 0.508 e. The fourth-order valence-corrected chi connectivity index (χ4v) is 1.54. The van der Waals surface area contributed by atoms with Crippen LogP contribution >= 0.6 is 0 Å². The van der Waals surface area contributed by atoms with E-state index >= 15 is 0 Å². The van der Waals surface area contributed by atoms with Crippen LogP contribution in [0.3, 0.4) is 0 Å². The summed E-state index contributed by atoms with van der Waals surface area (Å²) in [6.45, 7) is 2.84. The SMILES string of the molecule is CCOC(=O)CCCCCOc1cccc(O)c1. The molecule has 1 N–H and O–H groups in total. The van der Waals surface area contributed by atoms with E-state index < -0.39 is 0 Å². The molecule has 4 heteroatoms. The van der Waals surface area contributed by atoms with Gasteiger partial charge in [-0.15, -0.1) is 0 Å². The van der Waals surface area contributed by atoms with Crippen molar-refractivity contribution in [3.63, 3.8) is 0 Å². The molecule has 0 aliphatic heterocycles. The van der Waals surface area contributed by atoms with Gasteiger partial charge in [0.15, 0.2) is 0 Å². The Kier molecular flexibility index (Phi) is 6.69. The number of carbonyl (C=O) groups excluding carboxylic acids is 1. The minimum atomic E-state index is -0.133. The van der Waals surface area contributed by atoms with Crippen LogP contribution in [0.1, 0.15) is 32.6 Å². The van der Waals surface area contributed by atoms with Gasteiger partial charge in [-0.2, -0.15) is 0 Å². The molecule has 0 heterocycles. The highest BCUT2D eigenvalue weighted by atomic mass is 16.5. The Morgan fingerprint density at radius 1 is 1.28 bits per heavy atom. The number of unbranched alkanes of at least 4 members (excludes halogenated alkanes) is 2. The highest BCUT2D eigenvalue weighted by Crippen LogP contribution is 2.17. The van der Waals surface area contributed by atoms with Gasteiger partial charge in [0.05, 0.1) is 13.2 Å². The van der Waals surface area contributed by atoms with Gasteiger partial charge in [0.2, 0.25) is 0 Å². The zero-order valence-electron chi connectivity index (χ0n) is 10.7. The fraction of sp³-hybridized carbons (Fsp3) is 0.500. The van der Waals surface area contributed by atoms with Gasteiger partial charge in [-0.1, -0.05) is 6.07 Å². The van der Waals surface area contributed by atoms with Crippen LogP contribution in [0.5, 0.6) is 11.5 Å². The van der Waals surface area contributed by atoms with Crippen molar-refractivity contribution in [2.45, 2.75) is 32.6 Å². The molecule has 0 unspecified atom stereocenters. The molecule has 0 bridgehead atoms. The first-order valence-electron chi connectivity index (χ1n) is 6.30. The average molecular weight is 252 g/mol. The number of hydrogen-bond acceptors (Lipinski definition) is 4. The summed E-state index contributed by atoms with van der Waals surface area (Å²) in [5, 5.41) is 9.23. The molecule has 1 aromatic rings. The van der Waals surface area contributed by atoms with Crippen molar-refractivity contribution >= 4 is 5.97 Å². The fourth-order valence-electron chi connectivity index (χ4n) is 1.54. The second-order valence-corrected chi connectivity index (χ2v) is 3.96. The number of rotatable bonds is 8. The Balaban J connectivity index is 2.04. The molecular weight excluding hydrogens is 232 g/mol. The Hall–Kier alpha value is -1.71. The number of phenols is 1. The third-order valence-electron chi connectivity index (χ3n) is 2.42. The number of carbonyl (C=O) groups is 1. The van der Waals surface area contributed by atoms with Gasteiger partial charge in [-0.25, -0.2) is 0 Å². The third-order valence-corrected chi connectivity index (χ3v) is 2.42. The molecule has 0 spiro atoms. The Labute approximate surface area is 108 Å². The van der Waals surface area contributed by atoms with Gasteiger partial charge in [0, 0.05) is 12.5 Å². The lowest BCUT2D eigenvalue weighted by atomic mass is 10.2. The van der Waals surface area contributed by atoms with E-state index in [0.29, 0.717) is 25.4 Å². The molecule has 0 amide bonds. The minimum absolute atomic E-state index is 0.133. The number of ether oxygens (including phenoxy) is 2. The summed E-state index contributed by atoms with van der Waals surface area (Å²) in [6.07, 6.45) is 3.11. The van der Waals surface area contributed by atoms with Crippen molar-refractivity contribution in [3.05, 3.63) is 24.3 Å². The van der Waals surface area contributed by atoms with Crippen molar-refractivity contribution in [2.24, 2.45) is 0 Å².